The van der Waals surface area contributed by atoms with Crippen LogP contribution in [0, 0.1) is 0 Å². The van der Waals surface area contributed by atoms with Crippen LogP contribution < -0.4 is 15.4 Å². The topological polar surface area (TPSA) is 87.3 Å². The molecule has 0 aromatic heterocycles. The van der Waals surface area contributed by atoms with Crippen molar-refractivity contribution in [3.63, 3.8) is 0 Å². The molecule has 6 nitrogen and oxygen atoms in total. The number of fused-ring (bicyclic) bond motifs is 1. The maximum Gasteiger partial charge on any atom is 0.262 e. The van der Waals surface area contributed by atoms with Crippen LogP contribution in [-0.4, -0.2) is 20.5 Å². The molecule has 3 rings (SSSR count). The third-order valence-electron chi connectivity index (χ3n) is 3.86. The number of para-hydroxylation sites is 1. The van der Waals surface area contributed by atoms with E-state index in [0.29, 0.717) is 17.3 Å². The highest BCUT2D eigenvalue weighted by molar-refractivity contribution is 7.89. The predicted molar refractivity (Wildman–Crippen MR) is 93.3 cm³/mol. The fraction of sp³-hybridized carbons (Fsp3) is 0.235. The Morgan fingerprint density at radius 1 is 1.08 bits per heavy atom. The van der Waals surface area contributed by atoms with Gasteiger partial charge in [-0.2, -0.15) is 4.72 Å². The predicted octanol–water partition coefficient (Wildman–Crippen LogP) is 2.48. The minimum absolute atomic E-state index is 0.135. The van der Waals surface area contributed by atoms with Gasteiger partial charge in [0.15, 0.2) is 6.17 Å². The summed E-state index contributed by atoms with van der Waals surface area (Å²) in [5.74, 6) is -0.0663. The molecule has 0 saturated heterocycles. The zero-order valence-electron chi connectivity index (χ0n) is 13.4. The van der Waals surface area contributed by atoms with E-state index in [1.807, 2.05) is 12.1 Å². The highest BCUT2D eigenvalue weighted by Crippen LogP contribution is 2.25. The summed E-state index contributed by atoms with van der Waals surface area (Å²) in [6.07, 6.45) is -1.06. The summed E-state index contributed by atoms with van der Waals surface area (Å²) in [4.78, 5) is 12.5. The molecule has 2 aromatic rings. The van der Waals surface area contributed by atoms with Crippen molar-refractivity contribution in [3.8, 4) is 0 Å². The van der Waals surface area contributed by atoms with Crippen LogP contribution in [0.2, 0.25) is 0 Å². The summed E-state index contributed by atoms with van der Waals surface area (Å²) in [5, 5.41) is 5.62. The van der Waals surface area contributed by atoms with Crippen LogP contribution >= 0.6 is 0 Å². The number of nitrogens with one attached hydrogen (secondary N) is 3. The fourth-order valence-corrected chi connectivity index (χ4v) is 3.79. The first-order valence-electron chi connectivity index (χ1n) is 7.65. The van der Waals surface area contributed by atoms with Crippen molar-refractivity contribution in [1.29, 1.82) is 0 Å². The molecule has 0 spiro atoms. The molecule has 3 N–H and O–H groups in total. The van der Waals surface area contributed by atoms with E-state index in [1.54, 1.807) is 30.3 Å². The second-order valence-corrected chi connectivity index (χ2v) is 7.64. The number of benzene rings is 2. The summed E-state index contributed by atoms with van der Waals surface area (Å²) in [7, 11) is -3.72. The highest BCUT2D eigenvalue weighted by Gasteiger charge is 2.32. The fourth-order valence-electron chi connectivity index (χ4n) is 2.51. The van der Waals surface area contributed by atoms with Crippen LogP contribution in [0.25, 0.3) is 0 Å². The molecule has 0 unspecified atom stereocenters. The number of hydrogen-bond acceptors (Lipinski definition) is 4. The molecule has 0 bridgehead atoms. The van der Waals surface area contributed by atoms with Crippen LogP contribution in [0.3, 0.4) is 0 Å². The molecule has 24 heavy (non-hydrogen) atoms. The smallest absolute Gasteiger partial charge is 0.262 e. The van der Waals surface area contributed by atoms with E-state index in [1.165, 1.54) is 11.6 Å². The second kappa shape index (κ2) is 6.26. The lowest BCUT2D eigenvalue weighted by Gasteiger charge is -2.27. The minimum Gasteiger partial charge on any atom is -0.360 e. The van der Waals surface area contributed by atoms with Crippen LogP contribution in [0.1, 0.15) is 25.3 Å². The van der Waals surface area contributed by atoms with Crippen LogP contribution in [-0.2, 0) is 14.8 Å². The molecule has 1 heterocycles. The lowest BCUT2D eigenvalue weighted by Crippen LogP contribution is -2.51. The lowest BCUT2D eigenvalue weighted by molar-refractivity contribution is -0.117. The summed E-state index contributed by atoms with van der Waals surface area (Å²) < 4.78 is 26.8. The molecule has 0 fully saturated rings. The number of amides is 1. The molecule has 1 aliphatic rings. The quantitative estimate of drug-likeness (QED) is 0.797. The maximum absolute atomic E-state index is 12.4. The molecule has 1 amide bonds. The Labute approximate surface area is 141 Å². The van der Waals surface area contributed by atoms with Crippen LogP contribution in [0.5, 0.6) is 0 Å². The van der Waals surface area contributed by atoms with E-state index in [-0.39, 0.29) is 4.90 Å². The largest absolute Gasteiger partial charge is 0.360 e. The van der Waals surface area contributed by atoms with Crippen LogP contribution in [0.15, 0.2) is 53.4 Å². The third kappa shape index (κ3) is 3.27. The Balaban J connectivity index is 1.77. The summed E-state index contributed by atoms with van der Waals surface area (Å²) >= 11 is 0. The van der Waals surface area contributed by atoms with Gasteiger partial charge in [-0.25, -0.2) is 8.42 Å². The van der Waals surface area contributed by atoms with Gasteiger partial charge in [0.05, 0.1) is 5.69 Å². The zero-order valence-corrected chi connectivity index (χ0v) is 14.2. The van der Waals surface area contributed by atoms with Gasteiger partial charge in [-0.1, -0.05) is 38.1 Å². The Bertz CT molecular complexity index is 861. The van der Waals surface area contributed by atoms with E-state index < -0.39 is 22.1 Å². The van der Waals surface area contributed by atoms with Crippen molar-refractivity contribution in [2.45, 2.75) is 30.8 Å². The average Bonchev–Trinajstić information content (AvgIpc) is 2.54. The maximum atomic E-state index is 12.4. The number of carbonyl (C=O) groups excluding carboxylic acids is 1. The zero-order chi connectivity index (χ0) is 17.3. The number of rotatable bonds is 3. The molecule has 0 radical (unpaired) electrons. The summed E-state index contributed by atoms with van der Waals surface area (Å²) in [6, 6.07) is 14.0. The molecule has 0 saturated carbocycles. The van der Waals surface area contributed by atoms with Gasteiger partial charge < -0.3 is 10.6 Å². The normalized spacial score (nSPS) is 18.5. The molecule has 126 valence electrons. The van der Waals surface area contributed by atoms with E-state index in [2.05, 4.69) is 29.2 Å². The first-order chi connectivity index (χ1) is 11.4. The van der Waals surface area contributed by atoms with E-state index >= 15 is 0 Å². The summed E-state index contributed by atoms with van der Waals surface area (Å²) in [6.45, 7) is 4.18. The average molecular weight is 345 g/mol. The Morgan fingerprint density at radius 3 is 2.42 bits per heavy atom. The molecular formula is C17H19N3O3S. The van der Waals surface area contributed by atoms with Crippen molar-refractivity contribution in [3.05, 3.63) is 54.1 Å². The summed E-state index contributed by atoms with van der Waals surface area (Å²) in [5.41, 5.74) is 2.19. The van der Waals surface area contributed by atoms with Gasteiger partial charge in [0.2, 0.25) is 10.0 Å². The monoisotopic (exact) mass is 345 g/mol. The van der Waals surface area contributed by atoms with Crippen molar-refractivity contribution < 1.29 is 13.2 Å². The van der Waals surface area contributed by atoms with Gasteiger partial charge in [0.25, 0.3) is 5.91 Å². The first kappa shape index (κ1) is 16.5. The van der Waals surface area contributed by atoms with Crippen molar-refractivity contribution >= 4 is 27.3 Å². The van der Waals surface area contributed by atoms with Crippen molar-refractivity contribution in [1.82, 2.24) is 4.72 Å². The number of anilines is 2. The molecule has 1 aliphatic heterocycles. The molecule has 1 atom stereocenters. The van der Waals surface area contributed by atoms with Gasteiger partial charge in [-0.05, 0) is 35.7 Å². The Hall–Kier alpha value is -2.38. The highest BCUT2D eigenvalue weighted by atomic mass is 32.2. The third-order valence-corrected chi connectivity index (χ3v) is 5.34. The van der Waals surface area contributed by atoms with Gasteiger partial charge >= 0.3 is 0 Å². The van der Waals surface area contributed by atoms with Gasteiger partial charge in [0.1, 0.15) is 4.90 Å². The van der Waals surface area contributed by atoms with E-state index in [9.17, 15) is 13.2 Å². The Kier molecular flexibility index (Phi) is 4.29. The van der Waals surface area contributed by atoms with Crippen LogP contribution in [0.4, 0.5) is 11.4 Å². The van der Waals surface area contributed by atoms with Crippen molar-refractivity contribution in [2.75, 3.05) is 10.6 Å². The number of sulfonamides is 1. The number of carbonyl (C=O) groups is 1. The molecular weight excluding hydrogens is 326 g/mol. The first-order valence-corrected chi connectivity index (χ1v) is 9.14. The van der Waals surface area contributed by atoms with Gasteiger partial charge in [-0.3, -0.25) is 4.79 Å². The number of hydrogen-bond donors (Lipinski definition) is 3. The van der Waals surface area contributed by atoms with E-state index in [0.717, 1.165) is 0 Å². The molecule has 2 aromatic carbocycles. The standard InChI is InChI=1S/C17H19N3O3S/c1-11(2)12-7-9-13(10-8-12)18-17(21)16-19-14-5-3-4-6-15(14)24(22,23)20-16/h3-11,16,19-20H,1-2H3,(H,18,21)/t16-/m0/s1. The van der Waals surface area contributed by atoms with Gasteiger partial charge in [-0.15, -0.1) is 0 Å². The van der Waals surface area contributed by atoms with Gasteiger partial charge in [0, 0.05) is 5.69 Å². The lowest BCUT2D eigenvalue weighted by atomic mass is 10.0. The SMILES string of the molecule is CC(C)c1ccc(NC(=O)[C@H]2Nc3ccccc3S(=O)(=O)N2)cc1. The van der Waals surface area contributed by atoms with E-state index in [4.69, 9.17) is 0 Å². The molecule has 7 heteroatoms. The minimum atomic E-state index is -3.72. The second-order valence-electron chi connectivity index (χ2n) is 5.96. The van der Waals surface area contributed by atoms with Crippen molar-refractivity contribution in [2.24, 2.45) is 0 Å². The molecule has 0 aliphatic carbocycles. The Morgan fingerprint density at radius 2 is 1.75 bits per heavy atom.